The van der Waals surface area contributed by atoms with Crippen molar-refractivity contribution in [2.45, 2.75) is 19.4 Å². The zero-order chi connectivity index (χ0) is 16.8. The van der Waals surface area contributed by atoms with Crippen LogP contribution in [0.4, 0.5) is 0 Å². The van der Waals surface area contributed by atoms with Crippen molar-refractivity contribution in [3.63, 3.8) is 0 Å². The molecular weight excluding hydrogens is 320 g/mol. The number of thiazole rings is 1. The van der Waals surface area contributed by atoms with E-state index in [1.165, 1.54) is 0 Å². The molecule has 24 heavy (non-hydrogen) atoms. The van der Waals surface area contributed by atoms with Crippen molar-refractivity contribution in [2.24, 2.45) is 4.99 Å². The van der Waals surface area contributed by atoms with Gasteiger partial charge in [0.05, 0.1) is 16.8 Å². The largest absolute Gasteiger partial charge is 0.383 e. The number of carbonyl (C=O) groups excluding carboxylic acids is 1. The van der Waals surface area contributed by atoms with Gasteiger partial charge in [-0.05, 0) is 24.1 Å². The SMILES string of the molecule is COCCn1c(=NC(=O)CCc2ccccc2)sc2ccccc21. The lowest BCUT2D eigenvalue weighted by molar-refractivity contribution is -0.118. The molecule has 1 heterocycles. The van der Waals surface area contributed by atoms with E-state index in [0.717, 1.165) is 20.6 Å². The molecule has 0 atom stereocenters. The molecule has 0 spiro atoms. The molecule has 0 fully saturated rings. The van der Waals surface area contributed by atoms with E-state index in [1.807, 2.05) is 42.5 Å². The van der Waals surface area contributed by atoms with E-state index < -0.39 is 0 Å². The van der Waals surface area contributed by atoms with E-state index in [4.69, 9.17) is 4.74 Å². The first-order chi connectivity index (χ1) is 11.8. The number of para-hydroxylation sites is 1. The van der Waals surface area contributed by atoms with Crippen LogP contribution in [0.5, 0.6) is 0 Å². The zero-order valence-electron chi connectivity index (χ0n) is 13.6. The van der Waals surface area contributed by atoms with Crippen LogP contribution in [0.15, 0.2) is 59.6 Å². The average molecular weight is 340 g/mol. The molecule has 124 valence electrons. The van der Waals surface area contributed by atoms with Gasteiger partial charge in [0.1, 0.15) is 0 Å². The van der Waals surface area contributed by atoms with Gasteiger partial charge >= 0.3 is 0 Å². The van der Waals surface area contributed by atoms with Gasteiger partial charge in [-0.15, -0.1) is 0 Å². The quantitative estimate of drug-likeness (QED) is 0.690. The maximum Gasteiger partial charge on any atom is 0.248 e. The highest BCUT2D eigenvalue weighted by Gasteiger charge is 2.07. The number of aromatic nitrogens is 1. The molecule has 3 aromatic rings. The van der Waals surface area contributed by atoms with Gasteiger partial charge in [-0.1, -0.05) is 53.8 Å². The Hall–Kier alpha value is -2.24. The summed E-state index contributed by atoms with van der Waals surface area (Å²) in [5.41, 5.74) is 2.25. The lowest BCUT2D eigenvalue weighted by Gasteiger charge is -2.04. The number of benzene rings is 2. The van der Waals surface area contributed by atoms with Crippen LogP contribution >= 0.6 is 11.3 Å². The Bertz CT molecular complexity index is 881. The monoisotopic (exact) mass is 340 g/mol. The van der Waals surface area contributed by atoms with E-state index >= 15 is 0 Å². The second kappa shape index (κ2) is 8.04. The Morgan fingerprint density at radius 2 is 1.88 bits per heavy atom. The topological polar surface area (TPSA) is 43.6 Å². The molecule has 2 aromatic carbocycles. The fourth-order valence-electron chi connectivity index (χ4n) is 2.56. The number of amides is 1. The molecule has 0 aliphatic carbocycles. The van der Waals surface area contributed by atoms with E-state index in [1.54, 1.807) is 18.4 Å². The van der Waals surface area contributed by atoms with Gasteiger partial charge in [-0.3, -0.25) is 4.79 Å². The molecule has 0 aliphatic rings. The van der Waals surface area contributed by atoms with Crippen molar-refractivity contribution < 1.29 is 9.53 Å². The fourth-order valence-corrected chi connectivity index (χ4v) is 3.64. The van der Waals surface area contributed by atoms with Crippen LogP contribution in [0.25, 0.3) is 10.2 Å². The molecule has 0 unspecified atom stereocenters. The predicted octanol–water partition coefficient (Wildman–Crippen LogP) is 3.41. The number of aryl methyl sites for hydroxylation is 1. The van der Waals surface area contributed by atoms with Gasteiger partial charge in [-0.25, -0.2) is 0 Å². The van der Waals surface area contributed by atoms with E-state index in [-0.39, 0.29) is 5.91 Å². The summed E-state index contributed by atoms with van der Waals surface area (Å²) >= 11 is 1.54. The summed E-state index contributed by atoms with van der Waals surface area (Å²) < 4.78 is 8.37. The molecule has 0 saturated heterocycles. The summed E-state index contributed by atoms with van der Waals surface area (Å²) in [4.78, 5) is 17.4. The highest BCUT2D eigenvalue weighted by atomic mass is 32.1. The van der Waals surface area contributed by atoms with E-state index in [9.17, 15) is 4.79 Å². The number of rotatable bonds is 6. The Morgan fingerprint density at radius 3 is 2.67 bits per heavy atom. The first kappa shape index (κ1) is 16.6. The third-order valence-electron chi connectivity index (χ3n) is 3.80. The number of nitrogens with zero attached hydrogens (tertiary/aromatic N) is 2. The number of carbonyl (C=O) groups is 1. The second-order valence-electron chi connectivity index (χ2n) is 5.49. The Labute approximate surface area is 145 Å². The van der Waals surface area contributed by atoms with Crippen molar-refractivity contribution in [2.75, 3.05) is 13.7 Å². The van der Waals surface area contributed by atoms with E-state index in [0.29, 0.717) is 26.0 Å². The third-order valence-corrected chi connectivity index (χ3v) is 4.86. The lowest BCUT2D eigenvalue weighted by Crippen LogP contribution is -2.19. The van der Waals surface area contributed by atoms with Crippen LogP contribution in [0.3, 0.4) is 0 Å². The maximum absolute atomic E-state index is 12.3. The maximum atomic E-state index is 12.3. The normalized spacial score (nSPS) is 12.0. The number of ether oxygens (including phenoxy) is 1. The molecule has 0 radical (unpaired) electrons. The standard InChI is InChI=1S/C19H20N2O2S/c1-23-14-13-21-16-9-5-6-10-17(16)24-19(21)20-18(22)12-11-15-7-3-2-4-8-15/h2-10H,11-14H2,1H3. The Balaban J connectivity index is 1.84. The number of hydrogen-bond donors (Lipinski definition) is 0. The van der Waals surface area contributed by atoms with Gasteiger partial charge in [0.15, 0.2) is 4.80 Å². The Kier molecular flexibility index (Phi) is 5.56. The second-order valence-corrected chi connectivity index (χ2v) is 6.50. The van der Waals surface area contributed by atoms with Crippen molar-refractivity contribution in [1.82, 2.24) is 4.57 Å². The van der Waals surface area contributed by atoms with Crippen molar-refractivity contribution in [1.29, 1.82) is 0 Å². The lowest BCUT2D eigenvalue weighted by atomic mass is 10.1. The van der Waals surface area contributed by atoms with Crippen LogP contribution < -0.4 is 4.80 Å². The van der Waals surface area contributed by atoms with Crippen molar-refractivity contribution in [3.05, 3.63) is 65.0 Å². The van der Waals surface area contributed by atoms with Gasteiger partial charge in [0.25, 0.3) is 0 Å². The highest BCUT2D eigenvalue weighted by Crippen LogP contribution is 2.16. The highest BCUT2D eigenvalue weighted by molar-refractivity contribution is 7.16. The molecule has 0 bridgehead atoms. The van der Waals surface area contributed by atoms with Crippen LogP contribution in [0.1, 0.15) is 12.0 Å². The summed E-state index contributed by atoms with van der Waals surface area (Å²) in [6.45, 7) is 1.28. The summed E-state index contributed by atoms with van der Waals surface area (Å²) in [6.07, 6.45) is 1.13. The first-order valence-corrected chi connectivity index (χ1v) is 8.78. The van der Waals surface area contributed by atoms with Crippen LogP contribution in [0, 0.1) is 0 Å². The minimum Gasteiger partial charge on any atom is -0.383 e. The van der Waals surface area contributed by atoms with Gasteiger partial charge < -0.3 is 9.30 Å². The molecule has 0 N–H and O–H groups in total. The summed E-state index contributed by atoms with van der Waals surface area (Å²) in [5, 5.41) is 0. The summed E-state index contributed by atoms with van der Waals surface area (Å²) in [7, 11) is 1.68. The molecule has 0 saturated carbocycles. The average Bonchev–Trinajstić information content (AvgIpc) is 2.96. The first-order valence-electron chi connectivity index (χ1n) is 7.97. The van der Waals surface area contributed by atoms with Gasteiger partial charge in [-0.2, -0.15) is 4.99 Å². The van der Waals surface area contributed by atoms with Crippen molar-refractivity contribution >= 4 is 27.5 Å². The fraction of sp³-hybridized carbons (Fsp3) is 0.263. The smallest absolute Gasteiger partial charge is 0.248 e. The minimum absolute atomic E-state index is 0.0865. The van der Waals surface area contributed by atoms with Crippen LogP contribution in [-0.2, 0) is 22.5 Å². The minimum atomic E-state index is -0.0865. The number of methoxy groups -OCH3 is 1. The molecule has 0 aliphatic heterocycles. The molecule has 1 amide bonds. The van der Waals surface area contributed by atoms with Crippen LogP contribution in [-0.4, -0.2) is 24.2 Å². The molecule has 1 aromatic heterocycles. The van der Waals surface area contributed by atoms with Gasteiger partial charge in [0, 0.05) is 20.1 Å². The summed E-state index contributed by atoms with van der Waals surface area (Å²) in [6, 6.07) is 18.1. The van der Waals surface area contributed by atoms with Gasteiger partial charge in [0.2, 0.25) is 5.91 Å². The third kappa shape index (κ3) is 3.99. The van der Waals surface area contributed by atoms with E-state index in [2.05, 4.69) is 21.7 Å². The Morgan fingerprint density at radius 1 is 1.12 bits per heavy atom. The summed E-state index contributed by atoms with van der Waals surface area (Å²) in [5.74, 6) is -0.0865. The number of fused-ring (bicyclic) bond motifs is 1. The predicted molar refractivity (Wildman–Crippen MR) is 97.0 cm³/mol. The molecule has 3 rings (SSSR count). The molecule has 5 heteroatoms. The molecule has 4 nitrogen and oxygen atoms in total. The number of hydrogen-bond acceptors (Lipinski definition) is 3. The van der Waals surface area contributed by atoms with Crippen LogP contribution in [0.2, 0.25) is 0 Å². The van der Waals surface area contributed by atoms with Crippen molar-refractivity contribution in [3.8, 4) is 0 Å². The molecular formula is C19H20N2O2S. The zero-order valence-corrected chi connectivity index (χ0v) is 14.5.